The van der Waals surface area contributed by atoms with Gasteiger partial charge in [-0.3, -0.25) is 15.0 Å². The zero-order chi connectivity index (χ0) is 26.3. The molecule has 6 rings (SSSR count). The molecule has 5 heterocycles. The molecule has 4 aromatic heterocycles. The molecule has 9 heteroatoms. The SMILES string of the molecule is C=C(/C=c1/c(-c2nc3c(-c4ccsc4)cccc3[nH]2)n[nH]/c1=C/C)c1cncc(CN2CCC(F)(F)C2)c1. The van der Waals surface area contributed by atoms with Crippen molar-refractivity contribution in [1.29, 1.82) is 0 Å². The molecule has 6 nitrogen and oxygen atoms in total. The lowest BCUT2D eigenvalue weighted by atomic mass is 10.1. The summed E-state index contributed by atoms with van der Waals surface area (Å²) in [6, 6.07) is 10.2. The molecule has 2 N–H and O–H groups in total. The number of imidazole rings is 1. The summed E-state index contributed by atoms with van der Waals surface area (Å²) < 4.78 is 27.3. The third-order valence-corrected chi connectivity index (χ3v) is 7.51. The highest BCUT2D eigenvalue weighted by Crippen LogP contribution is 2.30. The van der Waals surface area contributed by atoms with Gasteiger partial charge in [-0.25, -0.2) is 13.8 Å². The van der Waals surface area contributed by atoms with Crippen molar-refractivity contribution in [1.82, 2.24) is 30.0 Å². The van der Waals surface area contributed by atoms with Gasteiger partial charge in [0.05, 0.1) is 22.9 Å². The molecule has 0 amide bonds. The summed E-state index contributed by atoms with van der Waals surface area (Å²) in [5, 5.41) is 13.6. The molecule has 1 aromatic carbocycles. The number of hydrogen-bond donors (Lipinski definition) is 2. The predicted molar refractivity (Wildman–Crippen MR) is 149 cm³/mol. The molecular formula is C29H26F2N6S. The van der Waals surface area contributed by atoms with Crippen molar-refractivity contribution in [2.45, 2.75) is 25.8 Å². The Kier molecular flexibility index (Phi) is 6.25. The monoisotopic (exact) mass is 528 g/mol. The molecular weight excluding hydrogens is 502 g/mol. The maximum atomic E-state index is 13.6. The number of halogens is 2. The first-order valence-electron chi connectivity index (χ1n) is 12.4. The Morgan fingerprint density at radius 1 is 1.26 bits per heavy atom. The average molecular weight is 529 g/mol. The van der Waals surface area contributed by atoms with Gasteiger partial charge in [-0.1, -0.05) is 24.8 Å². The van der Waals surface area contributed by atoms with E-state index in [1.807, 2.05) is 37.3 Å². The molecule has 192 valence electrons. The van der Waals surface area contributed by atoms with Crippen molar-refractivity contribution in [2.24, 2.45) is 0 Å². The summed E-state index contributed by atoms with van der Waals surface area (Å²) in [6.07, 6.45) is 7.28. The van der Waals surface area contributed by atoms with Crippen LogP contribution in [0.3, 0.4) is 0 Å². The number of aromatic nitrogens is 5. The first-order valence-corrected chi connectivity index (χ1v) is 13.3. The molecule has 0 aliphatic carbocycles. The van der Waals surface area contributed by atoms with Gasteiger partial charge in [0, 0.05) is 42.7 Å². The van der Waals surface area contributed by atoms with E-state index < -0.39 is 5.92 Å². The van der Waals surface area contributed by atoms with Crippen LogP contribution in [-0.2, 0) is 6.54 Å². The van der Waals surface area contributed by atoms with Gasteiger partial charge in [-0.2, -0.15) is 16.4 Å². The molecule has 5 aromatic rings. The molecule has 1 aliphatic heterocycles. The van der Waals surface area contributed by atoms with E-state index in [-0.39, 0.29) is 13.0 Å². The maximum Gasteiger partial charge on any atom is 0.261 e. The lowest BCUT2D eigenvalue weighted by Gasteiger charge is -2.15. The summed E-state index contributed by atoms with van der Waals surface area (Å²) in [5.41, 5.74) is 7.16. The fraction of sp³-hybridized carbons (Fsp3) is 0.207. The lowest BCUT2D eigenvalue weighted by Crippen LogP contribution is -2.25. The molecule has 1 aliphatic rings. The molecule has 1 fully saturated rings. The molecule has 0 saturated carbocycles. The number of pyridine rings is 1. The van der Waals surface area contributed by atoms with Crippen molar-refractivity contribution < 1.29 is 8.78 Å². The Labute approximate surface area is 222 Å². The third-order valence-electron chi connectivity index (χ3n) is 6.83. The first kappa shape index (κ1) is 24.4. The van der Waals surface area contributed by atoms with Gasteiger partial charge in [0.2, 0.25) is 0 Å². The van der Waals surface area contributed by atoms with E-state index in [9.17, 15) is 8.78 Å². The molecule has 1 saturated heterocycles. The fourth-order valence-electron chi connectivity index (χ4n) is 4.91. The summed E-state index contributed by atoms with van der Waals surface area (Å²) >= 11 is 1.65. The molecule has 0 spiro atoms. The minimum Gasteiger partial charge on any atom is -0.337 e. The number of benzene rings is 1. The molecule has 0 unspecified atom stereocenters. The number of likely N-dealkylation sites (tertiary alicyclic amines) is 1. The highest BCUT2D eigenvalue weighted by molar-refractivity contribution is 7.08. The predicted octanol–water partition coefficient (Wildman–Crippen LogP) is 5.21. The zero-order valence-corrected chi connectivity index (χ0v) is 21.7. The maximum absolute atomic E-state index is 13.6. The van der Waals surface area contributed by atoms with Crippen LogP contribution in [-0.4, -0.2) is 49.1 Å². The Bertz CT molecular complexity index is 1750. The second kappa shape index (κ2) is 9.74. The quantitative estimate of drug-likeness (QED) is 0.317. The van der Waals surface area contributed by atoms with Crippen LogP contribution in [0.25, 0.3) is 51.4 Å². The highest BCUT2D eigenvalue weighted by atomic mass is 32.1. The number of nitrogens with zero attached hydrogens (tertiary/aromatic N) is 4. The van der Waals surface area contributed by atoms with Crippen LogP contribution in [0, 0.1) is 0 Å². The number of thiophene rings is 1. The van der Waals surface area contributed by atoms with Crippen LogP contribution in [0.4, 0.5) is 8.78 Å². The van der Waals surface area contributed by atoms with E-state index in [0.717, 1.165) is 49.4 Å². The molecule has 38 heavy (non-hydrogen) atoms. The number of alkyl halides is 2. The minimum atomic E-state index is -2.62. The van der Waals surface area contributed by atoms with Crippen molar-refractivity contribution in [3.63, 3.8) is 0 Å². The van der Waals surface area contributed by atoms with E-state index >= 15 is 0 Å². The van der Waals surface area contributed by atoms with Gasteiger partial charge in [0.1, 0.15) is 5.69 Å². The van der Waals surface area contributed by atoms with Crippen molar-refractivity contribution >= 4 is 40.1 Å². The second-order valence-corrected chi connectivity index (χ2v) is 10.3. The van der Waals surface area contributed by atoms with E-state index in [4.69, 9.17) is 4.98 Å². The van der Waals surface area contributed by atoms with E-state index in [2.05, 4.69) is 49.6 Å². The smallest absolute Gasteiger partial charge is 0.261 e. The van der Waals surface area contributed by atoms with Crippen LogP contribution < -0.4 is 10.6 Å². The lowest BCUT2D eigenvalue weighted by molar-refractivity contribution is 0.0115. The van der Waals surface area contributed by atoms with Crippen molar-refractivity contribution in [3.8, 4) is 22.6 Å². The van der Waals surface area contributed by atoms with Gasteiger partial charge in [-0.15, -0.1) is 0 Å². The van der Waals surface area contributed by atoms with E-state index in [1.165, 1.54) is 0 Å². The largest absolute Gasteiger partial charge is 0.337 e. The Balaban J connectivity index is 1.35. The van der Waals surface area contributed by atoms with Gasteiger partial charge in [0.15, 0.2) is 5.82 Å². The van der Waals surface area contributed by atoms with Gasteiger partial charge >= 0.3 is 0 Å². The topological polar surface area (TPSA) is 73.5 Å². The Hall–Kier alpha value is -3.95. The zero-order valence-electron chi connectivity index (χ0n) is 20.8. The average Bonchev–Trinajstić information content (AvgIpc) is 3.70. The number of nitrogens with one attached hydrogen (secondary N) is 2. The number of para-hydroxylation sites is 1. The minimum absolute atomic E-state index is 0.100. The molecule has 0 bridgehead atoms. The van der Waals surface area contributed by atoms with Crippen molar-refractivity contribution in [2.75, 3.05) is 13.1 Å². The van der Waals surface area contributed by atoms with Crippen molar-refractivity contribution in [3.05, 3.63) is 81.8 Å². The summed E-state index contributed by atoms with van der Waals surface area (Å²) in [7, 11) is 0. The third kappa shape index (κ3) is 4.70. The van der Waals surface area contributed by atoms with Crippen LogP contribution in [0.5, 0.6) is 0 Å². The number of H-pyrrole nitrogens is 2. The fourth-order valence-corrected chi connectivity index (χ4v) is 5.57. The van der Waals surface area contributed by atoms with Gasteiger partial charge in [0.25, 0.3) is 5.92 Å². The van der Waals surface area contributed by atoms with E-state index in [0.29, 0.717) is 24.6 Å². The second-order valence-electron chi connectivity index (χ2n) is 9.56. The number of aromatic amines is 2. The number of fused-ring (bicyclic) bond motifs is 1. The van der Waals surface area contributed by atoms with E-state index in [1.54, 1.807) is 28.6 Å². The number of hydrogen-bond acceptors (Lipinski definition) is 5. The summed E-state index contributed by atoms with van der Waals surface area (Å²) in [5.74, 6) is -1.96. The molecule has 0 radical (unpaired) electrons. The van der Waals surface area contributed by atoms with Crippen LogP contribution in [0.2, 0.25) is 0 Å². The standard InChI is InChI=1S/C29H26F2N6S/c1-3-24-23(11-18(2)21-12-19(13-32-14-21)15-37-9-8-29(30,31)17-37)27(36-35-24)28-33-25-6-4-5-22(26(25)34-28)20-7-10-38-16-20/h3-7,10-14,16,35H,2,8-9,15,17H2,1H3,(H,33,34)/b23-11+,24-3+. The number of rotatable bonds is 6. The normalized spacial score (nSPS) is 16.6. The Morgan fingerprint density at radius 2 is 2.16 bits per heavy atom. The first-order chi connectivity index (χ1) is 18.4. The van der Waals surface area contributed by atoms with Crippen LogP contribution >= 0.6 is 11.3 Å². The van der Waals surface area contributed by atoms with Crippen LogP contribution in [0.15, 0.2) is 60.1 Å². The number of allylic oxidation sites excluding steroid dienone is 1. The summed E-state index contributed by atoms with van der Waals surface area (Å²) in [4.78, 5) is 14.5. The Morgan fingerprint density at radius 3 is 2.92 bits per heavy atom. The highest BCUT2D eigenvalue weighted by Gasteiger charge is 2.37. The van der Waals surface area contributed by atoms with Crippen LogP contribution in [0.1, 0.15) is 24.5 Å². The molecule has 0 atom stereocenters. The van der Waals surface area contributed by atoms with Gasteiger partial charge < -0.3 is 4.98 Å². The summed E-state index contributed by atoms with van der Waals surface area (Å²) in [6.45, 7) is 6.82. The van der Waals surface area contributed by atoms with Gasteiger partial charge in [-0.05, 0) is 64.2 Å².